The third-order valence-corrected chi connectivity index (χ3v) is 5.02. The number of para-hydroxylation sites is 1. The lowest BCUT2D eigenvalue weighted by molar-refractivity contribution is -0.116. The van der Waals surface area contributed by atoms with Crippen molar-refractivity contribution >= 4 is 22.5 Å². The van der Waals surface area contributed by atoms with Gasteiger partial charge < -0.3 is 9.84 Å². The third-order valence-electron chi connectivity index (χ3n) is 5.02. The van der Waals surface area contributed by atoms with Crippen LogP contribution in [0.5, 0.6) is 0 Å². The molecule has 0 unspecified atom stereocenters. The van der Waals surface area contributed by atoms with E-state index >= 15 is 0 Å². The Morgan fingerprint density at radius 1 is 1.07 bits per heavy atom. The Bertz CT molecular complexity index is 1310. The minimum Gasteiger partial charge on any atom is -0.334 e. The van der Waals surface area contributed by atoms with E-state index < -0.39 is 0 Å². The van der Waals surface area contributed by atoms with E-state index in [-0.39, 0.29) is 23.9 Å². The van der Waals surface area contributed by atoms with Gasteiger partial charge in [-0.15, -0.1) is 0 Å². The van der Waals surface area contributed by atoms with Crippen molar-refractivity contribution in [1.82, 2.24) is 14.7 Å². The highest BCUT2D eigenvalue weighted by atomic mass is 16.5. The number of carbonyl (C=O) groups excluding carboxylic acids is 1. The molecule has 2 aromatic carbocycles. The number of aromatic nitrogens is 3. The Kier molecular flexibility index (Phi) is 4.95. The van der Waals surface area contributed by atoms with Crippen LogP contribution in [-0.2, 0) is 11.3 Å². The zero-order valence-electron chi connectivity index (χ0n) is 17.3. The molecule has 0 fully saturated rings. The van der Waals surface area contributed by atoms with E-state index in [1.165, 1.54) is 10.6 Å². The van der Waals surface area contributed by atoms with Crippen LogP contribution in [0.3, 0.4) is 0 Å². The molecule has 7 nitrogen and oxygen atoms in total. The van der Waals surface area contributed by atoms with E-state index in [0.29, 0.717) is 16.9 Å². The van der Waals surface area contributed by atoms with Gasteiger partial charge in [0, 0.05) is 17.1 Å². The van der Waals surface area contributed by atoms with Crippen molar-refractivity contribution in [1.29, 1.82) is 0 Å². The molecule has 7 heteroatoms. The molecule has 1 amide bonds. The minimum absolute atomic E-state index is 0.102. The highest BCUT2D eigenvalue weighted by Crippen LogP contribution is 2.26. The van der Waals surface area contributed by atoms with Crippen LogP contribution in [0.2, 0.25) is 0 Å². The number of benzene rings is 2. The van der Waals surface area contributed by atoms with Crippen LogP contribution < -0.4 is 10.9 Å². The lowest BCUT2D eigenvalue weighted by atomic mass is 10.1. The van der Waals surface area contributed by atoms with Gasteiger partial charge in [0.25, 0.3) is 11.4 Å². The van der Waals surface area contributed by atoms with E-state index in [0.717, 1.165) is 27.8 Å². The predicted molar refractivity (Wildman–Crippen MR) is 116 cm³/mol. The zero-order chi connectivity index (χ0) is 21.4. The highest BCUT2D eigenvalue weighted by Gasteiger charge is 2.17. The fourth-order valence-corrected chi connectivity index (χ4v) is 3.78. The average molecular weight is 402 g/mol. The average Bonchev–Trinajstić information content (AvgIpc) is 3.13. The standard InChI is InChI=1S/C23H22N4O3/c1-13-9-14(2)22(15(3)10-13)25-20(28)12-27-19-8-6-5-7-17(19)18(11-21(27)29)23-24-16(4)26-30-23/h5-11H,12H2,1-4H3,(H,25,28). The van der Waals surface area contributed by atoms with Gasteiger partial charge in [-0.05, 0) is 44.9 Å². The molecule has 0 aliphatic rings. The highest BCUT2D eigenvalue weighted by molar-refractivity contribution is 5.96. The van der Waals surface area contributed by atoms with E-state index in [2.05, 4.69) is 15.5 Å². The maximum Gasteiger partial charge on any atom is 0.258 e. The van der Waals surface area contributed by atoms with Gasteiger partial charge >= 0.3 is 0 Å². The van der Waals surface area contributed by atoms with E-state index in [1.807, 2.05) is 51.1 Å². The van der Waals surface area contributed by atoms with E-state index in [4.69, 9.17) is 4.52 Å². The monoisotopic (exact) mass is 402 g/mol. The SMILES string of the molecule is Cc1cc(C)c(NC(=O)Cn2c(=O)cc(-c3nc(C)no3)c3ccccc32)c(C)c1. The molecule has 1 N–H and O–H groups in total. The van der Waals surface area contributed by atoms with Crippen molar-refractivity contribution in [2.45, 2.75) is 34.2 Å². The van der Waals surface area contributed by atoms with Gasteiger partial charge in [0.2, 0.25) is 5.91 Å². The molecular formula is C23H22N4O3. The molecule has 0 aliphatic carbocycles. The molecule has 0 aliphatic heterocycles. The smallest absolute Gasteiger partial charge is 0.258 e. The largest absolute Gasteiger partial charge is 0.334 e. The van der Waals surface area contributed by atoms with E-state index in [9.17, 15) is 9.59 Å². The van der Waals surface area contributed by atoms with Gasteiger partial charge in [-0.3, -0.25) is 14.2 Å². The topological polar surface area (TPSA) is 90.0 Å². The summed E-state index contributed by atoms with van der Waals surface area (Å²) >= 11 is 0. The van der Waals surface area contributed by atoms with Crippen LogP contribution in [0.25, 0.3) is 22.4 Å². The van der Waals surface area contributed by atoms with Crippen LogP contribution in [0.4, 0.5) is 5.69 Å². The lowest BCUT2D eigenvalue weighted by Crippen LogP contribution is -2.28. The van der Waals surface area contributed by atoms with Gasteiger partial charge in [-0.1, -0.05) is 41.1 Å². The van der Waals surface area contributed by atoms with E-state index in [1.54, 1.807) is 13.0 Å². The molecule has 2 aromatic heterocycles. The Morgan fingerprint density at radius 3 is 2.43 bits per heavy atom. The normalized spacial score (nSPS) is 11.1. The number of pyridine rings is 1. The number of rotatable bonds is 4. The van der Waals surface area contributed by atoms with Gasteiger partial charge in [0.05, 0.1) is 11.1 Å². The molecule has 0 atom stereocenters. The maximum absolute atomic E-state index is 12.9. The van der Waals surface area contributed by atoms with Crippen molar-refractivity contribution in [3.63, 3.8) is 0 Å². The molecule has 0 saturated carbocycles. The first-order valence-electron chi connectivity index (χ1n) is 9.64. The Balaban J connectivity index is 1.73. The molecule has 2 heterocycles. The first-order chi connectivity index (χ1) is 14.3. The molecule has 0 spiro atoms. The van der Waals surface area contributed by atoms with Crippen molar-refractivity contribution in [2.75, 3.05) is 5.32 Å². The van der Waals surface area contributed by atoms with Gasteiger partial charge in [-0.25, -0.2) is 0 Å². The number of nitrogens with one attached hydrogen (secondary N) is 1. The predicted octanol–water partition coefficient (Wildman–Crippen LogP) is 3.92. The Labute approximate surface area is 173 Å². The van der Waals surface area contributed by atoms with Crippen LogP contribution >= 0.6 is 0 Å². The number of amides is 1. The number of nitrogens with zero attached hydrogens (tertiary/aromatic N) is 3. The summed E-state index contributed by atoms with van der Waals surface area (Å²) in [6.07, 6.45) is 0. The van der Waals surface area contributed by atoms with Crippen molar-refractivity contribution in [3.8, 4) is 11.5 Å². The fraction of sp³-hybridized carbons (Fsp3) is 0.217. The lowest BCUT2D eigenvalue weighted by Gasteiger charge is -2.15. The molecule has 4 aromatic rings. The van der Waals surface area contributed by atoms with Gasteiger partial charge in [-0.2, -0.15) is 4.98 Å². The van der Waals surface area contributed by atoms with Gasteiger partial charge in [0.15, 0.2) is 5.82 Å². The van der Waals surface area contributed by atoms with Gasteiger partial charge in [0.1, 0.15) is 6.54 Å². The number of hydrogen-bond donors (Lipinski definition) is 1. The minimum atomic E-state index is -0.313. The number of fused-ring (bicyclic) bond motifs is 1. The third kappa shape index (κ3) is 3.61. The second kappa shape index (κ2) is 7.59. The van der Waals surface area contributed by atoms with Crippen LogP contribution in [0.15, 0.2) is 51.8 Å². The number of aryl methyl sites for hydroxylation is 4. The maximum atomic E-state index is 12.9. The van der Waals surface area contributed by atoms with Crippen LogP contribution in [0.1, 0.15) is 22.5 Å². The Morgan fingerprint density at radius 2 is 1.77 bits per heavy atom. The number of carbonyl (C=O) groups is 1. The summed E-state index contributed by atoms with van der Waals surface area (Å²) in [6, 6.07) is 12.8. The summed E-state index contributed by atoms with van der Waals surface area (Å²) in [7, 11) is 0. The molecular weight excluding hydrogens is 380 g/mol. The Hall–Kier alpha value is -3.74. The first kappa shape index (κ1) is 19.6. The first-order valence-corrected chi connectivity index (χ1v) is 9.64. The summed E-state index contributed by atoms with van der Waals surface area (Å²) in [6.45, 7) is 7.55. The molecule has 30 heavy (non-hydrogen) atoms. The summed E-state index contributed by atoms with van der Waals surface area (Å²) in [5, 5.41) is 7.53. The molecule has 0 saturated heterocycles. The van der Waals surface area contributed by atoms with Crippen molar-refractivity contribution < 1.29 is 9.32 Å². The number of hydrogen-bond acceptors (Lipinski definition) is 5. The second-order valence-electron chi connectivity index (χ2n) is 7.47. The number of anilines is 1. The quantitative estimate of drug-likeness (QED) is 0.559. The summed E-state index contributed by atoms with van der Waals surface area (Å²) < 4.78 is 6.72. The second-order valence-corrected chi connectivity index (χ2v) is 7.47. The molecule has 152 valence electrons. The van der Waals surface area contributed by atoms with Crippen LogP contribution in [-0.4, -0.2) is 20.6 Å². The summed E-state index contributed by atoms with van der Waals surface area (Å²) in [4.78, 5) is 29.9. The van der Waals surface area contributed by atoms with Crippen molar-refractivity contribution in [3.05, 3.63) is 75.3 Å². The summed E-state index contributed by atoms with van der Waals surface area (Å²) in [5.74, 6) is 0.503. The summed E-state index contributed by atoms with van der Waals surface area (Å²) in [5.41, 5.74) is 4.76. The molecule has 0 bridgehead atoms. The molecule has 0 radical (unpaired) electrons. The fourth-order valence-electron chi connectivity index (χ4n) is 3.78. The van der Waals surface area contributed by atoms with Crippen molar-refractivity contribution in [2.24, 2.45) is 0 Å². The zero-order valence-corrected chi connectivity index (χ0v) is 17.3. The van der Waals surface area contributed by atoms with Crippen LogP contribution in [0, 0.1) is 27.7 Å². The molecule has 4 rings (SSSR count).